The molecule has 1 aliphatic rings. The van der Waals surface area contributed by atoms with E-state index in [9.17, 15) is 0 Å². The second-order valence-corrected chi connectivity index (χ2v) is 7.75. The highest BCUT2D eigenvalue weighted by Gasteiger charge is 2.24. The van der Waals surface area contributed by atoms with E-state index in [0.717, 1.165) is 42.6 Å². The van der Waals surface area contributed by atoms with Gasteiger partial charge >= 0.3 is 0 Å². The molecule has 1 fully saturated rings. The maximum absolute atomic E-state index is 5.86. The zero-order valence-corrected chi connectivity index (χ0v) is 16.3. The molecule has 1 N–H and O–H groups in total. The molecule has 2 aromatic heterocycles. The Morgan fingerprint density at radius 1 is 1.19 bits per heavy atom. The SMILES string of the molecule is Cc1ccc(OCc2nc(CN3CCNCC3c3ccncc3)cs2)cc1. The number of nitrogens with one attached hydrogen (secondary N) is 1. The number of rotatable bonds is 6. The van der Waals surface area contributed by atoms with E-state index in [0.29, 0.717) is 12.6 Å². The minimum Gasteiger partial charge on any atom is -0.486 e. The van der Waals surface area contributed by atoms with Crippen LogP contribution in [0.25, 0.3) is 0 Å². The Balaban J connectivity index is 1.38. The number of thiazole rings is 1. The van der Waals surface area contributed by atoms with Crippen LogP contribution in [0.1, 0.15) is 27.9 Å². The van der Waals surface area contributed by atoms with Crippen LogP contribution in [-0.4, -0.2) is 34.5 Å². The highest BCUT2D eigenvalue weighted by Crippen LogP contribution is 2.24. The minimum atomic E-state index is 0.357. The fourth-order valence-electron chi connectivity index (χ4n) is 3.33. The first-order chi connectivity index (χ1) is 13.3. The average Bonchev–Trinajstić information content (AvgIpc) is 3.16. The molecule has 0 spiro atoms. The van der Waals surface area contributed by atoms with Crippen molar-refractivity contribution in [1.29, 1.82) is 0 Å². The monoisotopic (exact) mass is 380 g/mol. The molecule has 1 unspecified atom stereocenters. The zero-order valence-electron chi connectivity index (χ0n) is 15.5. The summed E-state index contributed by atoms with van der Waals surface area (Å²) in [7, 11) is 0. The van der Waals surface area contributed by atoms with Crippen molar-refractivity contribution < 1.29 is 4.74 Å². The number of piperazine rings is 1. The largest absolute Gasteiger partial charge is 0.486 e. The molecule has 6 heteroatoms. The van der Waals surface area contributed by atoms with E-state index in [2.05, 4.69) is 51.8 Å². The van der Waals surface area contributed by atoms with Crippen molar-refractivity contribution in [2.45, 2.75) is 26.1 Å². The highest BCUT2D eigenvalue weighted by atomic mass is 32.1. The van der Waals surface area contributed by atoms with E-state index in [-0.39, 0.29) is 0 Å². The van der Waals surface area contributed by atoms with E-state index < -0.39 is 0 Å². The predicted molar refractivity (Wildman–Crippen MR) is 108 cm³/mol. The number of aromatic nitrogens is 2. The molecule has 0 bridgehead atoms. The van der Waals surface area contributed by atoms with E-state index in [1.807, 2.05) is 24.5 Å². The molecule has 3 heterocycles. The molecule has 0 amide bonds. The van der Waals surface area contributed by atoms with Gasteiger partial charge in [0.05, 0.1) is 5.69 Å². The lowest BCUT2D eigenvalue weighted by molar-refractivity contribution is 0.152. The normalized spacial score (nSPS) is 17.7. The molecule has 1 aromatic carbocycles. The third-order valence-corrected chi connectivity index (χ3v) is 5.66. The molecule has 1 atom stereocenters. The van der Waals surface area contributed by atoms with Gasteiger partial charge in [-0.1, -0.05) is 17.7 Å². The third kappa shape index (κ3) is 4.71. The van der Waals surface area contributed by atoms with Crippen LogP contribution in [0.3, 0.4) is 0 Å². The average molecular weight is 381 g/mol. The summed E-state index contributed by atoms with van der Waals surface area (Å²) in [6.45, 7) is 6.43. The van der Waals surface area contributed by atoms with E-state index in [4.69, 9.17) is 9.72 Å². The molecule has 27 heavy (non-hydrogen) atoms. The first-order valence-corrected chi connectivity index (χ1v) is 10.1. The lowest BCUT2D eigenvalue weighted by Crippen LogP contribution is -2.45. The fourth-order valence-corrected chi connectivity index (χ4v) is 4.02. The first-order valence-electron chi connectivity index (χ1n) is 9.25. The van der Waals surface area contributed by atoms with Crippen molar-refractivity contribution in [3.8, 4) is 5.75 Å². The Kier molecular flexibility index (Phi) is 5.77. The lowest BCUT2D eigenvalue weighted by Gasteiger charge is -2.36. The van der Waals surface area contributed by atoms with Crippen LogP contribution in [0, 0.1) is 6.92 Å². The van der Waals surface area contributed by atoms with Gasteiger partial charge in [0.2, 0.25) is 0 Å². The van der Waals surface area contributed by atoms with Gasteiger partial charge in [-0.3, -0.25) is 9.88 Å². The number of aryl methyl sites for hydroxylation is 1. The summed E-state index contributed by atoms with van der Waals surface area (Å²) in [4.78, 5) is 11.4. The van der Waals surface area contributed by atoms with Gasteiger partial charge in [-0.05, 0) is 36.8 Å². The third-order valence-electron chi connectivity index (χ3n) is 4.79. The van der Waals surface area contributed by atoms with Crippen LogP contribution >= 0.6 is 11.3 Å². The van der Waals surface area contributed by atoms with E-state index >= 15 is 0 Å². The summed E-state index contributed by atoms with van der Waals surface area (Å²) in [5, 5.41) is 6.66. The molecule has 0 saturated carbocycles. The summed E-state index contributed by atoms with van der Waals surface area (Å²) < 4.78 is 5.86. The van der Waals surface area contributed by atoms with Gasteiger partial charge < -0.3 is 10.1 Å². The molecule has 3 aromatic rings. The van der Waals surface area contributed by atoms with Crippen molar-refractivity contribution in [3.63, 3.8) is 0 Å². The van der Waals surface area contributed by atoms with Crippen molar-refractivity contribution in [3.05, 3.63) is 76.0 Å². The number of benzene rings is 1. The molecular formula is C21H24N4OS. The number of ether oxygens (including phenoxy) is 1. The summed E-state index contributed by atoms with van der Waals surface area (Å²) in [5.41, 5.74) is 3.65. The highest BCUT2D eigenvalue weighted by molar-refractivity contribution is 7.09. The molecule has 0 radical (unpaired) electrons. The Bertz CT molecular complexity index is 850. The number of hydrogen-bond donors (Lipinski definition) is 1. The van der Waals surface area contributed by atoms with Gasteiger partial charge in [-0.2, -0.15) is 0 Å². The van der Waals surface area contributed by atoms with Crippen LogP contribution in [0.2, 0.25) is 0 Å². The van der Waals surface area contributed by atoms with Gasteiger partial charge in [0, 0.05) is 50.0 Å². The smallest absolute Gasteiger partial charge is 0.140 e. The maximum Gasteiger partial charge on any atom is 0.140 e. The standard InChI is InChI=1S/C21H24N4OS/c1-16-2-4-19(5-3-16)26-14-21-24-18(15-27-21)13-25-11-10-23-12-20(25)17-6-8-22-9-7-17/h2-9,15,20,23H,10-14H2,1H3. The molecule has 1 aliphatic heterocycles. The van der Waals surface area contributed by atoms with Gasteiger partial charge in [0.15, 0.2) is 0 Å². The number of nitrogens with zero attached hydrogens (tertiary/aromatic N) is 3. The molecule has 4 rings (SSSR count). The Morgan fingerprint density at radius 3 is 2.81 bits per heavy atom. The lowest BCUT2D eigenvalue weighted by atomic mass is 10.0. The Morgan fingerprint density at radius 2 is 2.00 bits per heavy atom. The van der Waals surface area contributed by atoms with Crippen molar-refractivity contribution in [1.82, 2.24) is 20.2 Å². The van der Waals surface area contributed by atoms with Gasteiger partial charge in [0.25, 0.3) is 0 Å². The van der Waals surface area contributed by atoms with E-state index in [1.54, 1.807) is 11.3 Å². The summed E-state index contributed by atoms with van der Waals surface area (Å²) in [6, 6.07) is 12.7. The summed E-state index contributed by atoms with van der Waals surface area (Å²) >= 11 is 1.67. The van der Waals surface area contributed by atoms with Crippen molar-refractivity contribution in [2.75, 3.05) is 19.6 Å². The van der Waals surface area contributed by atoms with Crippen molar-refractivity contribution in [2.24, 2.45) is 0 Å². The number of pyridine rings is 1. The van der Waals surface area contributed by atoms with Gasteiger partial charge in [0.1, 0.15) is 17.4 Å². The van der Waals surface area contributed by atoms with Gasteiger partial charge in [-0.15, -0.1) is 11.3 Å². The van der Waals surface area contributed by atoms with Crippen LogP contribution in [0.15, 0.2) is 54.2 Å². The molecule has 140 valence electrons. The maximum atomic E-state index is 5.86. The van der Waals surface area contributed by atoms with Crippen LogP contribution in [0.4, 0.5) is 0 Å². The quantitative estimate of drug-likeness (QED) is 0.708. The first kappa shape index (κ1) is 18.1. The topological polar surface area (TPSA) is 50.3 Å². The molecule has 5 nitrogen and oxygen atoms in total. The molecule has 0 aliphatic carbocycles. The van der Waals surface area contributed by atoms with Gasteiger partial charge in [-0.25, -0.2) is 4.98 Å². The van der Waals surface area contributed by atoms with Crippen molar-refractivity contribution >= 4 is 11.3 Å². The summed E-state index contributed by atoms with van der Waals surface area (Å²) in [6.07, 6.45) is 3.73. The van der Waals surface area contributed by atoms with Crippen LogP contribution in [0.5, 0.6) is 5.75 Å². The summed E-state index contributed by atoms with van der Waals surface area (Å²) in [5.74, 6) is 0.886. The van der Waals surface area contributed by atoms with Crippen LogP contribution < -0.4 is 10.1 Å². The Hall–Kier alpha value is -2.28. The number of hydrogen-bond acceptors (Lipinski definition) is 6. The van der Waals surface area contributed by atoms with Crippen LogP contribution in [-0.2, 0) is 13.2 Å². The zero-order chi connectivity index (χ0) is 18.5. The predicted octanol–water partition coefficient (Wildman–Crippen LogP) is 3.57. The van der Waals surface area contributed by atoms with E-state index in [1.165, 1.54) is 11.1 Å². The minimum absolute atomic E-state index is 0.357. The molecular weight excluding hydrogens is 356 g/mol. The fraction of sp³-hybridized carbons (Fsp3) is 0.333. The molecule has 1 saturated heterocycles. The second-order valence-electron chi connectivity index (χ2n) is 6.81. The second kappa shape index (κ2) is 8.61. The Labute approximate surface area is 164 Å².